The molecular weight excluding hydrogens is 184 g/mol. The molecule has 0 saturated heterocycles. The molecule has 5 heteroatoms. The summed E-state index contributed by atoms with van der Waals surface area (Å²) in [4.78, 5) is 16.8. The molecule has 0 saturated carbocycles. The third-order valence-corrected chi connectivity index (χ3v) is 1.43. The lowest BCUT2D eigenvalue weighted by Crippen LogP contribution is -2.21. The van der Waals surface area contributed by atoms with Gasteiger partial charge in [0.05, 0.1) is 6.67 Å². The summed E-state index contributed by atoms with van der Waals surface area (Å²) in [5, 5.41) is 7.29. The molecule has 1 aliphatic heterocycles. The van der Waals surface area contributed by atoms with Gasteiger partial charge in [-0.05, 0) is 0 Å². The van der Waals surface area contributed by atoms with Crippen LogP contribution in [0.25, 0.3) is 0 Å². The van der Waals surface area contributed by atoms with Crippen LogP contribution in [0.5, 0.6) is 0 Å². The van der Waals surface area contributed by atoms with Crippen LogP contribution < -0.4 is 0 Å². The van der Waals surface area contributed by atoms with E-state index in [1.54, 1.807) is 0 Å². The van der Waals surface area contributed by atoms with Gasteiger partial charge in [0.2, 0.25) is 0 Å². The standard InChI is InChI=1S/C7H12N2.C2H4O3/c1-3-4-9-6-5-8(2)7-9;1-2(3)5-4/h3,5-6H,1,4,7H2,2H3;4H,1H3. The number of hydrogen-bond donors (Lipinski definition) is 1. The average Bonchev–Trinajstić information content (AvgIpc) is 2.53. The second kappa shape index (κ2) is 6.97. The first-order chi connectivity index (χ1) is 6.60. The van der Waals surface area contributed by atoms with Gasteiger partial charge in [-0.15, -0.1) is 6.58 Å². The van der Waals surface area contributed by atoms with Crippen molar-refractivity contribution in [1.29, 1.82) is 0 Å². The van der Waals surface area contributed by atoms with Gasteiger partial charge in [-0.3, -0.25) is 0 Å². The lowest BCUT2D eigenvalue weighted by atomic mass is 10.6. The Hall–Kier alpha value is -1.49. The molecule has 0 bridgehead atoms. The molecule has 0 unspecified atom stereocenters. The van der Waals surface area contributed by atoms with Gasteiger partial charge in [0.15, 0.2) is 0 Å². The number of carbonyl (C=O) groups is 1. The summed E-state index contributed by atoms with van der Waals surface area (Å²) in [6.07, 6.45) is 6.04. The molecule has 0 radical (unpaired) electrons. The second-order valence-electron chi connectivity index (χ2n) is 2.84. The molecule has 0 aromatic heterocycles. The molecule has 0 spiro atoms. The highest BCUT2D eigenvalue weighted by molar-refractivity contribution is 5.64. The Morgan fingerprint density at radius 3 is 2.57 bits per heavy atom. The summed E-state index contributed by atoms with van der Waals surface area (Å²) in [6, 6.07) is 0. The Kier molecular flexibility index (Phi) is 6.22. The van der Waals surface area contributed by atoms with Crippen LogP contribution in [0, 0.1) is 0 Å². The molecule has 0 aromatic rings. The van der Waals surface area contributed by atoms with Crippen molar-refractivity contribution in [2.24, 2.45) is 0 Å². The van der Waals surface area contributed by atoms with Crippen LogP contribution in [0.3, 0.4) is 0 Å². The fourth-order valence-corrected chi connectivity index (χ4v) is 0.873. The second-order valence-corrected chi connectivity index (χ2v) is 2.84. The van der Waals surface area contributed by atoms with Gasteiger partial charge in [0, 0.05) is 32.9 Å². The zero-order valence-electron chi connectivity index (χ0n) is 8.51. The van der Waals surface area contributed by atoms with Crippen LogP contribution in [-0.4, -0.2) is 41.3 Å². The summed E-state index contributed by atoms with van der Waals surface area (Å²) in [5.41, 5.74) is 0. The molecule has 5 nitrogen and oxygen atoms in total. The van der Waals surface area contributed by atoms with E-state index in [0.29, 0.717) is 0 Å². The van der Waals surface area contributed by atoms with Crippen molar-refractivity contribution in [3.63, 3.8) is 0 Å². The molecule has 1 heterocycles. The predicted octanol–water partition coefficient (Wildman–Crippen LogP) is 0.871. The quantitative estimate of drug-likeness (QED) is 0.407. The van der Waals surface area contributed by atoms with Gasteiger partial charge in [0.1, 0.15) is 0 Å². The van der Waals surface area contributed by atoms with Gasteiger partial charge in [0.25, 0.3) is 0 Å². The van der Waals surface area contributed by atoms with E-state index >= 15 is 0 Å². The van der Waals surface area contributed by atoms with Crippen molar-refractivity contribution in [2.75, 3.05) is 20.3 Å². The third kappa shape index (κ3) is 6.07. The van der Waals surface area contributed by atoms with Crippen LogP contribution in [0.2, 0.25) is 0 Å². The minimum absolute atomic E-state index is 0.690. The summed E-state index contributed by atoms with van der Waals surface area (Å²) >= 11 is 0. The highest BCUT2D eigenvalue weighted by Crippen LogP contribution is 2.01. The lowest BCUT2D eigenvalue weighted by Gasteiger charge is -2.15. The van der Waals surface area contributed by atoms with Crippen LogP contribution in [0.15, 0.2) is 25.1 Å². The highest BCUT2D eigenvalue weighted by Gasteiger charge is 2.04. The molecule has 0 aromatic carbocycles. The Balaban J connectivity index is 0.000000292. The molecule has 0 atom stereocenters. The normalized spacial score (nSPS) is 13.4. The fourth-order valence-electron chi connectivity index (χ4n) is 0.873. The SMILES string of the molecule is C=CCN1C=CN(C)C1.CC(=O)OO. The van der Waals surface area contributed by atoms with E-state index in [4.69, 9.17) is 5.26 Å². The minimum Gasteiger partial charge on any atom is -0.362 e. The molecular formula is C9H16N2O3. The van der Waals surface area contributed by atoms with Crippen LogP contribution in [0.4, 0.5) is 0 Å². The van der Waals surface area contributed by atoms with Crippen molar-refractivity contribution >= 4 is 5.97 Å². The van der Waals surface area contributed by atoms with Crippen molar-refractivity contribution in [1.82, 2.24) is 9.80 Å². The van der Waals surface area contributed by atoms with Gasteiger partial charge in [-0.2, -0.15) is 5.26 Å². The largest absolute Gasteiger partial charge is 0.362 e. The molecule has 14 heavy (non-hydrogen) atoms. The number of hydrogen-bond acceptors (Lipinski definition) is 5. The first kappa shape index (κ1) is 12.5. The summed E-state index contributed by atoms with van der Waals surface area (Å²) in [6.45, 7) is 6.70. The topological polar surface area (TPSA) is 53.0 Å². The summed E-state index contributed by atoms with van der Waals surface area (Å²) < 4.78 is 0. The van der Waals surface area contributed by atoms with E-state index in [2.05, 4.69) is 40.7 Å². The van der Waals surface area contributed by atoms with E-state index in [1.165, 1.54) is 0 Å². The van der Waals surface area contributed by atoms with Gasteiger partial charge in [-0.25, -0.2) is 4.79 Å². The monoisotopic (exact) mass is 200 g/mol. The van der Waals surface area contributed by atoms with E-state index < -0.39 is 5.97 Å². The molecule has 80 valence electrons. The molecule has 0 aliphatic carbocycles. The van der Waals surface area contributed by atoms with Gasteiger partial charge < -0.3 is 14.7 Å². The average molecular weight is 200 g/mol. The maximum Gasteiger partial charge on any atom is 0.339 e. The molecule has 1 aliphatic rings. The van der Waals surface area contributed by atoms with Crippen molar-refractivity contribution < 1.29 is 14.9 Å². The maximum absolute atomic E-state index is 9.34. The molecule has 1 N–H and O–H groups in total. The Labute approximate surface area is 83.8 Å². The van der Waals surface area contributed by atoms with E-state index in [1.807, 2.05) is 6.08 Å². The van der Waals surface area contributed by atoms with E-state index in [0.717, 1.165) is 20.1 Å². The minimum atomic E-state index is -0.690. The van der Waals surface area contributed by atoms with Crippen LogP contribution >= 0.6 is 0 Å². The lowest BCUT2D eigenvalue weighted by molar-refractivity contribution is -0.231. The van der Waals surface area contributed by atoms with Crippen molar-refractivity contribution in [3.05, 3.63) is 25.1 Å². The zero-order valence-corrected chi connectivity index (χ0v) is 8.51. The molecule has 0 fully saturated rings. The highest BCUT2D eigenvalue weighted by atomic mass is 17.1. The number of nitrogens with zero attached hydrogens (tertiary/aromatic N) is 2. The Bertz CT molecular complexity index is 216. The molecule has 1 rings (SSSR count). The van der Waals surface area contributed by atoms with Crippen LogP contribution in [-0.2, 0) is 9.68 Å². The molecule has 0 amide bonds. The van der Waals surface area contributed by atoms with Crippen LogP contribution in [0.1, 0.15) is 6.92 Å². The predicted molar refractivity (Wildman–Crippen MR) is 53.1 cm³/mol. The Morgan fingerprint density at radius 1 is 1.71 bits per heavy atom. The van der Waals surface area contributed by atoms with Gasteiger partial charge >= 0.3 is 5.97 Å². The van der Waals surface area contributed by atoms with E-state index in [9.17, 15) is 4.79 Å². The number of carbonyl (C=O) groups excluding carboxylic acids is 1. The summed E-state index contributed by atoms with van der Waals surface area (Å²) in [7, 11) is 2.06. The van der Waals surface area contributed by atoms with Crippen molar-refractivity contribution in [2.45, 2.75) is 6.92 Å². The number of rotatable bonds is 2. The smallest absolute Gasteiger partial charge is 0.339 e. The Morgan fingerprint density at radius 2 is 2.29 bits per heavy atom. The fraction of sp³-hybridized carbons (Fsp3) is 0.444. The summed E-state index contributed by atoms with van der Waals surface area (Å²) in [5.74, 6) is -0.690. The van der Waals surface area contributed by atoms with Gasteiger partial charge in [-0.1, -0.05) is 6.08 Å². The first-order valence-electron chi connectivity index (χ1n) is 4.15. The first-order valence-corrected chi connectivity index (χ1v) is 4.15. The third-order valence-electron chi connectivity index (χ3n) is 1.43. The van der Waals surface area contributed by atoms with E-state index in [-0.39, 0.29) is 0 Å². The maximum atomic E-state index is 9.34. The zero-order chi connectivity index (χ0) is 11.0. The van der Waals surface area contributed by atoms with Crippen molar-refractivity contribution in [3.8, 4) is 0 Å².